The van der Waals surface area contributed by atoms with Gasteiger partial charge in [0.2, 0.25) is 0 Å². The van der Waals surface area contributed by atoms with Crippen LogP contribution >= 0.6 is 15.9 Å². The maximum absolute atomic E-state index is 4.05. The van der Waals surface area contributed by atoms with E-state index in [-0.39, 0.29) is 0 Å². The summed E-state index contributed by atoms with van der Waals surface area (Å²) < 4.78 is 0.968. The SMILES string of the molecule is CC(C)c1cccc(Nc2ccncc2Br)c1. The van der Waals surface area contributed by atoms with Crippen molar-refractivity contribution in [3.05, 3.63) is 52.8 Å². The van der Waals surface area contributed by atoms with E-state index in [1.54, 1.807) is 12.4 Å². The molecule has 0 aliphatic carbocycles. The van der Waals surface area contributed by atoms with Gasteiger partial charge in [0.05, 0.1) is 10.2 Å². The van der Waals surface area contributed by atoms with Crippen molar-refractivity contribution in [2.75, 3.05) is 5.32 Å². The van der Waals surface area contributed by atoms with Gasteiger partial charge < -0.3 is 5.32 Å². The van der Waals surface area contributed by atoms with E-state index < -0.39 is 0 Å². The smallest absolute Gasteiger partial charge is 0.0593 e. The lowest BCUT2D eigenvalue weighted by Gasteiger charge is -2.11. The minimum Gasteiger partial charge on any atom is -0.355 e. The second-order valence-electron chi connectivity index (χ2n) is 4.26. The number of aromatic nitrogens is 1. The number of benzene rings is 1. The fourth-order valence-corrected chi connectivity index (χ4v) is 1.96. The Labute approximate surface area is 110 Å². The summed E-state index contributed by atoms with van der Waals surface area (Å²) in [6.07, 6.45) is 3.56. The molecule has 2 aromatic rings. The second-order valence-corrected chi connectivity index (χ2v) is 5.12. The zero-order valence-corrected chi connectivity index (χ0v) is 11.5. The number of hydrogen-bond donors (Lipinski definition) is 1. The van der Waals surface area contributed by atoms with E-state index >= 15 is 0 Å². The Morgan fingerprint density at radius 2 is 2.06 bits per heavy atom. The van der Waals surface area contributed by atoms with Crippen LogP contribution in [0.5, 0.6) is 0 Å². The standard InChI is InChI=1S/C14H15BrN2/c1-10(2)11-4-3-5-12(8-11)17-14-6-7-16-9-13(14)15/h3-10H,1-2H3,(H,16,17). The van der Waals surface area contributed by atoms with Crippen LogP contribution in [0.15, 0.2) is 47.2 Å². The molecule has 0 atom stereocenters. The molecule has 3 heteroatoms. The Bertz CT molecular complexity index is 509. The highest BCUT2D eigenvalue weighted by Gasteiger charge is 2.02. The zero-order chi connectivity index (χ0) is 12.3. The topological polar surface area (TPSA) is 24.9 Å². The van der Waals surface area contributed by atoms with Gasteiger partial charge in [0.1, 0.15) is 0 Å². The molecule has 2 rings (SSSR count). The third kappa shape index (κ3) is 3.07. The minimum absolute atomic E-state index is 0.539. The molecule has 1 heterocycles. The first-order valence-corrected chi connectivity index (χ1v) is 6.42. The lowest BCUT2D eigenvalue weighted by Crippen LogP contribution is -1.94. The van der Waals surface area contributed by atoms with Gasteiger partial charge in [-0.25, -0.2) is 0 Å². The largest absolute Gasteiger partial charge is 0.355 e. The molecule has 0 unspecified atom stereocenters. The van der Waals surface area contributed by atoms with Crippen molar-refractivity contribution in [3.63, 3.8) is 0 Å². The first-order valence-electron chi connectivity index (χ1n) is 5.63. The molecule has 0 saturated carbocycles. The molecule has 0 amide bonds. The normalized spacial score (nSPS) is 10.6. The number of anilines is 2. The minimum atomic E-state index is 0.539. The number of pyridine rings is 1. The van der Waals surface area contributed by atoms with E-state index in [9.17, 15) is 0 Å². The Morgan fingerprint density at radius 1 is 1.24 bits per heavy atom. The van der Waals surface area contributed by atoms with E-state index in [1.165, 1.54) is 5.56 Å². The molecule has 1 aromatic carbocycles. The Hall–Kier alpha value is -1.35. The van der Waals surface area contributed by atoms with Crippen molar-refractivity contribution in [2.45, 2.75) is 19.8 Å². The van der Waals surface area contributed by atoms with Crippen LogP contribution in [-0.2, 0) is 0 Å². The van der Waals surface area contributed by atoms with E-state index in [4.69, 9.17) is 0 Å². The predicted octanol–water partition coefficient (Wildman–Crippen LogP) is 4.71. The van der Waals surface area contributed by atoms with Gasteiger partial charge in [-0.2, -0.15) is 0 Å². The molecule has 0 radical (unpaired) electrons. The highest BCUT2D eigenvalue weighted by Crippen LogP contribution is 2.26. The summed E-state index contributed by atoms with van der Waals surface area (Å²) in [5.74, 6) is 0.539. The van der Waals surface area contributed by atoms with Crippen LogP contribution in [0.4, 0.5) is 11.4 Å². The molecule has 0 bridgehead atoms. The highest BCUT2D eigenvalue weighted by molar-refractivity contribution is 9.10. The molecule has 0 aliphatic heterocycles. The summed E-state index contributed by atoms with van der Waals surface area (Å²) >= 11 is 3.48. The van der Waals surface area contributed by atoms with Crippen LogP contribution < -0.4 is 5.32 Å². The predicted molar refractivity (Wildman–Crippen MR) is 75.8 cm³/mol. The summed E-state index contributed by atoms with van der Waals surface area (Å²) in [6.45, 7) is 4.39. The van der Waals surface area contributed by atoms with E-state index in [0.717, 1.165) is 15.8 Å². The number of nitrogens with one attached hydrogen (secondary N) is 1. The van der Waals surface area contributed by atoms with Crippen molar-refractivity contribution in [3.8, 4) is 0 Å². The summed E-state index contributed by atoms with van der Waals surface area (Å²) in [4.78, 5) is 4.05. The molecular formula is C14H15BrN2. The molecule has 2 nitrogen and oxygen atoms in total. The van der Waals surface area contributed by atoms with Gasteiger partial charge in [-0.1, -0.05) is 26.0 Å². The van der Waals surface area contributed by atoms with E-state index in [2.05, 4.69) is 64.3 Å². The first-order chi connectivity index (χ1) is 8.16. The third-order valence-electron chi connectivity index (χ3n) is 2.60. The van der Waals surface area contributed by atoms with Crippen LogP contribution in [-0.4, -0.2) is 4.98 Å². The Kier molecular flexibility index (Phi) is 3.79. The van der Waals surface area contributed by atoms with Crippen LogP contribution in [0.2, 0.25) is 0 Å². The van der Waals surface area contributed by atoms with Crippen LogP contribution in [0.25, 0.3) is 0 Å². The van der Waals surface area contributed by atoms with Gasteiger partial charge in [0.25, 0.3) is 0 Å². The molecule has 0 saturated heterocycles. The molecule has 0 spiro atoms. The molecule has 1 N–H and O–H groups in total. The molecule has 0 fully saturated rings. The highest BCUT2D eigenvalue weighted by atomic mass is 79.9. The van der Waals surface area contributed by atoms with Crippen molar-refractivity contribution >= 4 is 27.3 Å². The van der Waals surface area contributed by atoms with Gasteiger partial charge in [-0.05, 0) is 45.6 Å². The number of nitrogens with zero attached hydrogens (tertiary/aromatic N) is 1. The quantitative estimate of drug-likeness (QED) is 0.885. The van der Waals surface area contributed by atoms with Crippen molar-refractivity contribution in [2.24, 2.45) is 0 Å². The third-order valence-corrected chi connectivity index (χ3v) is 3.24. The molecule has 17 heavy (non-hydrogen) atoms. The van der Waals surface area contributed by atoms with Crippen LogP contribution in [0.3, 0.4) is 0 Å². The van der Waals surface area contributed by atoms with Gasteiger partial charge in [-0.3, -0.25) is 4.98 Å². The Morgan fingerprint density at radius 3 is 2.76 bits per heavy atom. The van der Waals surface area contributed by atoms with E-state index in [0.29, 0.717) is 5.92 Å². The maximum Gasteiger partial charge on any atom is 0.0593 e. The first kappa shape index (κ1) is 12.1. The fourth-order valence-electron chi connectivity index (χ4n) is 1.61. The molecular weight excluding hydrogens is 276 g/mol. The molecule has 88 valence electrons. The van der Waals surface area contributed by atoms with Gasteiger partial charge >= 0.3 is 0 Å². The maximum atomic E-state index is 4.05. The van der Waals surface area contributed by atoms with Crippen LogP contribution in [0.1, 0.15) is 25.3 Å². The monoisotopic (exact) mass is 290 g/mol. The fraction of sp³-hybridized carbons (Fsp3) is 0.214. The second kappa shape index (κ2) is 5.32. The van der Waals surface area contributed by atoms with Crippen molar-refractivity contribution in [1.82, 2.24) is 4.98 Å². The average molecular weight is 291 g/mol. The van der Waals surface area contributed by atoms with Crippen molar-refractivity contribution in [1.29, 1.82) is 0 Å². The number of hydrogen-bond acceptors (Lipinski definition) is 2. The summed E-state index contributed by atoms with van der Waals surface area (Å²) in [7, 11) is 0. The molecule has 1 aromatic heterocycles. The zero-order valence-electron chi connectivity index (χ0n) is 9.94. The average Bonchev–Trinajstić information content (AvgIpc) is 2.32. The number of rotatable bonds is 3. The lowest BCUT2D eigenvalue weighted by molar-refractivity contribution is 0.867. The Balaban J connectivity index is 2.25. The summed E-state index contributed by atoms with van der Waals surface area (Å²) in [5, 5.41) is 3.38. The van der Waals surface area contributed by atoms with E-state index in [1.807, 2.05) is 6.07 Å². The summed E-state index contributed by atoms with van der Waals surface area (Å²) in [5.41, 5.74) is 3.46. The van der Waals surface area contributed by atoms with Gasteiger partial charge in [-0.15, -0.1) is 0 Å². The van der Waals surface area contributed by atoms with Gasteiger partial charge in [0, 0.05) is 18.1 Å². The lowest BCUT2D eigenvalue weighted by atomic mass is 10.0. The summed E-state index contributed by atoms with van der Waals surface area (Å²) in [6, 6.07) is 10.4. The van der Waals surface area contributed by atoms with Gasteiger partial charge in [0.15, 0.2) is 0 Å². The van der Waals surface area contributed by atoms with Crippen LogP contribution in [0, 0.1) is 0 Å². The number of halogens is 1. The van der Waals surface area contributed by atoms with Crippen molar-refractivity contribution < 1.29 is 0 Å². The molecule has 0 aliphatic rings.